The summed E-state index contributed by atoms with van der Waals surface area (Å²) >= 11 is 0. The smallest absolute Gasteiger partial charge is 0.0289 e. The minimum Gasteiger partial charge on any atom is -0.283 e. The lowest BCUT2D eigenvalue weighted by molar-refractivity contribution is 0.323. The maximum atomic E-state index is 2.91. The lowest BCUT2D eigenvalue weighted by Gasteiger charge is -2.26. The second kappa shape index (κ2) is 4.82. The van der Waals surface area contributed by atoms with E-state index in [-0.39, 0.29) is 0 Å². The monoisotopic (exact) mass is 236 g/mol. The molecule has 2 nitrogen and oxygen atoms in total. The van der Waals surface area contributed by atoms with Crippen molar-refractivity contribution in [2.24, 2.45) is 5.92 Å². The van der Waals surface area contributed by atoms with Gasteiger partial charge < -0.3 is 0 Å². The van der Waals surface area contributed by atoms with Crippen LogP contribution in [0.1, 0.15) is 19.3 Å². The summed E-state index contributed by atoms with van der Waals surface area (Å²) in [7, 11) is 6.70. The summed E-state index contributed by atoms with van der Waals surface area (Å²) in [4.78, 5) is 0. The van der Waals surface area contributed by atoms with Gasteiger partial charge in [-0.1, -0.05) is 18.3 Å². The molecular formula is C8H19N2P3. The van der Waals surface area contributed by atoms with Gasteiger partial charge in [0.05, 0.1) is 0 Å². The van der Waals surface area contributed by atoms with Gasteiger partial charge in [-0.3, -0.25) is 9.34 Å². The predicted octanol–water partition coefficient (Wildman–Crippen LogP) is 1.95. The van der Waals surface area contributed by atoms with E-state index in [0.717, 1.165) is 20.4 Å². The fraction of sp³-hybridized carbons (Fsp3) is 1.00. The molecule has 13 heavy (non-hydrogen) atoms. The predicted molar refractivity (Wildman–Crippen MR) is 67.1 cm³/mol. The Morgan fingerprint density at radius 3 is 2.85 bits per heavy atom. The van der Waals surface area contributed by atoms with Crippen LogP contribution in [0.4, 0.5) is 0 Å². The molecule has 2 saturated heterocycles. The van der Waals surface area contributed by atoms with E-state index in [2.05, 4.69) is 27.7 Å². The molecule has 0 aromatic carbocycles. The van der Waals surface area contributed by atoms with Crippen molar-refractivity contribution in [2.45, 2.75) is 25.3 Å². The third-order valence-corrected chi connectivity index (χ3v) is 5.83. The van der Waals surface area contributed by atoms with E-state index in [0.29, 0.717) is 0 Å². The van der Waals surface area contributed by atoms with Crippen molar-refractivity contribution >= 4 is 26.7 Å². The zero-order chi connectivity index (χ0) is 9.26. The number of hydrogen-bond acceptors (Lipinski definition) is 2. The highest BCUT2D eigenvalue weighted by Crippen LogP contribution is 2.37. The van der Waals surface area contributed by atoms with Crippen LogP contribution in [0, 0.1) is 5.92 Å². The first-order valence-corrected chi connectivity index (χ1v) is 8.31. The molecule has 0 aliphatic carbocycles. The Bertz CT molecular complexity index is 179. The van der Waals surface area contributed by atoms with Crippen molar-refractivity contribution in [3.63, 3.8) is 0 Å². The van der Waals surface area contributed by atoms with Crippen LogP contribution in [0.2, 0.25) is 0 Å². The Kier molecular flexibility index (Phi) is 3.98. The highest BCUT2D eigenvalue weighted by Gasteiger charge is 2.34. The van der Waals surface area contributed by atoms with Gasteiger partial charge >= 0.3 is 0 Å². The second-order valence-electron chi connectivity index (χ2n) is 4.07. The van der Waals surface area contributed by atoms with Crippen LogP contribution in [0.5, 0.6) is 0 Å². The Hall–Kier alpha value is 1.21. The zero-order valence-electron chi connectivity index (χ0n) is 7.95. The van der Waals surface area contributed by atoms with Gasteiger partial charge in [-0.25, -0.2) is 0 Å². The topological polar surface area (TPSA) is 6.48 Å². The van der Waals surface area contributed by atoms with E-state index >= 15 is 0 Å². The fourth-order valence-corrected chi connectivity index (χ4v) is 4.28. The van der Waals surface area contributed by atoms with E-state index in [4.69, 9.17) is 0 Å². The third kappa shape index (κ3) is 2.42. The normalized spacial score (nSPS) is 38.3. The standard InChI is InChI=1S/C8H19N2P3/c11-10-5-3-7-2-1-4-9(13-12)6-8(7)10/h7-8,13H,1-6,11-12H2. The van der Waals surface area contributed by atoms with Gasteiger partial charge in [0.2, 0.25) is 0 Å². The molecule has 2 aliphatic rings. The van der Waals surface area contributed by atoms with Crippen molar-refractivity contribution in [3.8, 4) is 0 Å². The van der Waals surface area contributed by atoms with E-state index in [1.807, 2.05) is 0 Å². The molecule has 0 spiro atoms. The fourth-order valence-electron chi connectivity index (χ4n) is 2.51. The van der Waals surface area contributed by atoms with Crippen LogP contribution in [-0.2, 0) is 0 Å². The second-order valence-corrected chi connectivity index (χ2v) is 6.40. The SMILES string of the molecule is PPN1CCCC2CCN(P)C2C1. The minimum atomic E-state index is 0.820. The highest BCUT2D eigenvalue weighted by atomic mass is 32.0. The summed E-state index contributed by atoms with van der Waals surface area (Å²) in [5.41, 5.74) is 0. The average Bonchev–Trinajstić information content (AvgIpc) is 2.41. The molecule has 0 radical (unpaired) electrons. The van der Waals surface area contributed by atoms with E-state index < -0.39 is 0 Å². The molecule has 0 N–H and O–H groups in total. The first-order chi connectivity index (χ1) is 6.31. The molecule has 5 unspecified atom stereocenters. The molecule has 0 bridgehead atoms. The van der Waals surface area contributed by atoms with Crippen molar-refractivity contribution in [2.75, 3.05) is 19.6 Å². The van der Waals surface area contributed by atoms with Crippen LogP contribution in [0.3, 0.4) is 0 Å². The molecule has 0 amide bonds. The summed E-state index contributed by atoms with van der Waals surface area (Å²) in [6.45, 7) is 3.89. The van der Waals surface area contributed by atoms with Gasteiger partial charge in [0.15, 0.2) is 0 Å². The highest BCUT2D eigenvalue weighted by molar-refractivity contribution is 8.01. The van der Waals surface area contributed by atoms with E-state index in [1.165, 1.54) is 38.9 Å². The van der Waals surface area contributed by atoms with E-state index in [1.54, 1.807) is 0 Å². The molecule has 76 valence electrons. The average molecular weight is 236 g/mol. The lowest BCUT2D eigenvalue weighted by atomic mass is 9.97. The van der Waals surface area contributed by atoms with Crippen molar-refractivity contribution in [3.05, 3.63) is 0 Å². The summed E-state index contributed by atoms with van der Waals surface area (Å²) < 4.78 is 5.07. The maximum absolute atomic E-state index is 2.91. The number of fused-ring (bicyclic) bond motifs is 1. The summed E-state index contributed by atoms with van der Waals surface area (Å²) in [6, 6.07) is 0.820. The molecule has 2 heterocycles. The van der Waals surface area contributed by atoms with E-state index in [9.17, 15) is 0 Å². The lowest BCUT2D eigenvalue weighted by Crippen LogP contribution is -2.33. The largest absolute Gasteiger partial charge is 0.283 e. The van der Waals surface area contributed by atoms with Crippen LogP contribution in [-0.4, -0.2) is 35.0 Å². The Balaban J connectivity index is 2.00. The number of hydrogen-bond donors (Lipinski definition) is 0. The Morgan fingerprint density at radius 2 is 2.08 bits per heavy atom. The molecule has 2 aliphatic heterocycles. The first kappa shape index (κ1) is 10.7. The van der Waals surface area contributed by atoms with Gasteiger partial charge in [-0.15, -0.1) is 0 Å². The van der Waals surface area contributed by atoms with Crippen molar-refractivity contribution < 1.29 is 0 Å². The van der Waals surface area contributed by atoms with Crippen LogP contribution in [0.15, 0.2) is 0 Å². The van der Waals surface area contributed by atoms with Gasteiger partial charge in [0.25, 0.3) is 0 Å². The molecule has 5 heteroatoms. The summed E-state index contributed by atoms with van der Waals surface area (Å²) in [5.74, 6) is 0.976. The van der Waals surface area contributed by atoms with Gasteiger partial charge in [0.1, 0.15) is 0 Å². The molecule has 0 aromatic rings. The van der Waals surface area contributed by atoms with Gasteiger partial charge in [0, 0.05) is 25.7 Å². The number of nitrogens with zero attached hydrogens (tertiary/aromatic N) is 2. The van der Waals surface area contributed by atoms with Crippen molar-refractivity contribution in [1.29, 1.82) is 0 Å². The quantitative estimate of drug-likeness (QED) is 0.642. The molecule has 2 fully saturated rings. The minimum absolute atomic E-state index is 0.820. The van der Waals surface area contributed by atoms with Crippen LogP contribution in [0.25, 0.3) is 0 Å². The van der Waals surface area contributed by atoms with Gasteiger partial charge in [-0.2, -0.15) is 0 Å². The Labute approximate surface area is 87.4 Å². The van der Waals surface area contributed by atoms with Gasteiger partial charge in [-0.05, 0) is 33.6 Å². The maximum Gasteiger partial charge on any atom is 0.0289 e. The third-order valence-electron chi connectivity index (χ3n) is 3.32. The number of rotatable bonds is 1. The summed E-state index contributed by atoms with van der Waals surface area (Å²) in [6.07, 6.45) is 4.27. The van der Waals surface area contributed by atoms with Crippen LogP contribution >= 0.6 is 26.7 Å². The van der Waals surface area contributed by atoms with Crippen molar-refractivity contribution in [1.82, 2.24) is 9.34 Å². The molecule has 0 aromatic heterocycles. The summed E-state index contributed by atoms with van der Waals surface area (Å²) in [5, 5.41) is 0. The first-order valence-electron chi connectivity index (χ1n) is 5.04. The molecule has 5 atom stereocenters. The molecule has 0 saturated carbocycles. The Morgan fingerprint density at radius 1 is 1.23 bits per heavy atom. The van der Waals surface area contributed by atoms with Crippen LogP contribution < -0.4 is 0 Å². The molecular weight excluding hydrogens is 217 g/mol. The zero-order valence-corrected chi connectivity index (χ0v) is 11.3. The molecule has 2 rings (SSSR count).